The summed E-state index contributed by atoms with van der Waals surface area (Å²) in [6, 6.07) is 0. The number of hydrogen-bond donors (Lipinski definition) is 1. The van der Waals surface area contributed by atoms with Crippen molar-refractivity contribution in [3.63, 3.8) is 0 Å². The van der Waals surface area contributed by atoms with Gasteiger partial charge in [0.1, 0.15) is 10.1 Å². The summed E-state index contributed by atoms with van der Waals surface area (Å²) in [5.74, 6) is 0. The standard InChI is InChI=1S/C6H12O5S.Na/c1-2-11-5-3-6(7,4-5)12(8,9)10;/h5,7H,2-4H2,1H3,(H,8,9,10);/q;+1/p-1. The van der Waals surface area contributed by atoms with Gasteiger partial charge in [-0.3, -0.25) is 0 Å². The topological polar surface area (TPSA) is 86.7 Å². The quantitative estimate of drug-likeness (QED) is 0.391. The smallest absolute Gasteiger partial charge is 0.746 e. The van der Waals surface area contributed by atoms with Gasteiger partial charge in [-0.2, -0.15) is 0 Å². The second kappa shape index (κ2) is 4.57. The monoisotopic (exact) mass is 218 g/mol. The van der Waals surface area contributed by atoms with E-state index in [2.05, 4.69) is 0 Å². The van der Waals surface area contributed by atoms with Gasteiger partial charge in [0.2, 0.25) is 0 Å². The molecule has 0 aliphatic heterocycles. The van der Waals surface area contributed by atoms with Crippen LogP contribution in [0.25, 0.3) is 0 Å². The first kappa shape index (κ1) is 13.8. The van der Waals surface area contributed by atoms with Crippen molar-refractivity contribution < 1.29 is 52.4 Å². The molecule has 1 fully saturated rings. The van der Waals surface area contributed by atoms with Gasteiger partial charge in [-0.25, -0.2) is 8.42 Å². The molecule has 0 saturated heterocycles. The van der Waals surface area contributed by atoms with Gasteiger partial charge in [-0.1, -0.05) is 0 Å². The van der Waals surface area contributed by atoms with E-state index >= 15 is 0 Å². The Labute approximate surface area is 99.5 Å². The Hall–Kier alpha value is 0.830. The van der Waals surface area contributed by atoms with Crippen molar-refractivity contribution in [2.75, 3.05) is 6.61 Å². The predicted octanol–water partition coefficient (Wildman–Crippen LogP) is -3.58. The Morgan fingerprint density at radius 3 is 2.38 bits per heavy atom. The molecular formula is C6H11NaO5S. The van der Waals surface area contributed by atoms with Crippen molar-refractivity contribution in [2.45, 2.75) is 30.8 Å². The molecule has 0 radical (unpaired) electrons. The molecule has 0 spiro atoms. The van der Waals surface area contributed by atoms with E-state index in [4.69, 9.17) is 9.84 Å². The molecule has 0 aromatic rings. The first-order chi connectivity index (χ1) is 5.39. The Kier molecular flexibility index (Phi) is 4.86. The molecule has 5 nitrogen and oxygen atoms in total. The van der Waals surface area contributed by atoms with Gasteiger partial charge in [-0.15, -0.1) is 0 Å². The molecule has 0 atom stereocenters. The fourth-order valence-electron chi connectivity index (χ4n) is 1.21. The molecule has 1 rings (SSSR count). The van der Waals surface area contributed by atoms with Gasteiger partial charge in [0.15, 0.2) is 4.93 Å². The van der Waals surface area contributed by atoms with Crippen LogP contribution in [-0.4, -0.2) is 35.7 Å². The van der Waals surface area contributed by atoms with Crippen LogP contribution in [0.5, 0.6) is 0 Å². The molecule has 0 aromatic heterocycles. The molecule has 1 saturated carbocycles. The second-order valence-corrected chi connectivity index (χ2v) is 4.55. The minimum absolute atomic E-state index is 0. The third-order valence-electron chi connectivity index (χ3n) is 1.96. The van der Waals surface area contributed by atoms with Crippen LogP contribution in [0.3, 0.4) is 0 Å². The minimum Gasteiger partial charge on any atom is -0.746 e. The van der Waals surface area contributed by atoms with Crippen molar-refractivity contribution >= 4 is 10.1 Å². The SMILES string of the molecule is CCOC1CC(O)(S(=O)(=O)[O-])C1.[Na+]. The van der Waals surface area contributed by atoms with Crippen LogP contribution in [0.4, 0.5) is 0 Å². The number of ether oxygens (including phenoxy) is 1. The molecule has 0 amide bonds. The van der Waals surface area contributed by atoms with E-state index in [0.717, 1.165) is 0 Å². The molecule has 0 unspecified atom stereocenters. The second-order valence-electron chi connectivity index (χ2n) is 2.89. The maximum Gasteiger partial charge on any atom is 1.00 e. The fourth-order valence-corrected chi connectivity index (χ4v) is 1.99. The summed E-state index contributed by atoms with van der Waals surface area (Å²) in [5.41, 5.74) is 0. The van der Waals surface area contributed by atoms with Crippen LogP contribution < -0.4 is 29.6 Å². The van der Waals surface area contributed by atoms with Gasteiger partial charge in [-0.05, 0) is 6.92 Å². The molecule has 0 aromatic carbocycles. The van der Waals surface area contributed by atoms with Crippen LogP contribution in [0.2, 0.25) is 0 Å². The van der Waals surface area contributed by atoms with Crippen molar-refractivity contribution in [2.24, 2.45) is 0 Å². The first-order valence-electron chi connectivity index (χ1n) is 3.68. The number of rotatable bonds is 3. The van der Waals surface area contributed by atoms with E-state index < -0.39 is 15.1 Å². The fraction of sp³-hybridized carbons (Fsp3) is 1.00. The molecular weight excluding hydrogens is 207 g/mol. The van der Waals surface area contributed by atoms with Gasteiger partial charge < -0.3 is 14.4 Å². The molecule has 1 aliphatic carbocycles. The number of aliphatic hydroxyl groups is 1. The maximum absolute atomic E-state index is 10.4. The molecule has 72 valence electrons. The van der Waals surface area contributed by atoms with E-state index in [0.29, 0.717) is 6.61 Å². The van der Waals surface area contributed by atoms with Gasteiger partial charge in [0.25, 0.3) is 0 Å². The summed E-state index contributed by atoms with van der Waals surface area (Å²) in [6.45, 7) is 2.22. The van der Waals surface area contributed by atoms with Crippen LogP contribution in [0.1, 0.15) is 19.8 Å². The molecule has 7 heteroatoms. The largest absolute Gasteiger partial charge is 1.00 e. The molecule has 0 heterocycles. The Bertz CT molecular complexity index is 256. The van der Waals surface area contributed by atoms with Gasteiger partial charge in [0, 0.05) is 19.4 Å². The van der Waals surface area contributed by atoms with Crippen molar-refractivity contribution in [1.29, 1.82) is 0 Å². The van der Waals surface area contributed by atoms with Crippen molar-refractivity contribution in [3.05, 3.63) is 0 Å². The Balaban J connectivity index is 0.00000144. The zero-order chi connectivity index (χ0) is 9.41. The van der Waals surface area contributed by atoms with Gasteiger partial charge in [0.05, 0.1) is 6.10 Å². The maximum atomic E-state index is 10.4. The van der Waals surface area contributed by atoms with E-state index in [1.165, 1.54) is 0 Å². The zero-order valence-corrected chi connectivity index (χ0v) is 10.5. The van der Waals surface area contributed by atoms with Crippen molar-refractivity contribution in [3.8, 4) is 0 Å². The normalized spacial score (nSPS) is 33.3. The van der Waals surface area contributed by atoms with Crippen LogP contribution in [0.15, 0.2) is 0 Å². The molecule has 13 heavy (non-hydrogen) atoms. The minimum atomic E-state index is -4.59. The van der Waals surface area contributed by atoms with E-state index in [-0.39, 0.29) is 48.5 Å². The molecule has 1 N–H and O–H groups in total. The number of hydrogen-bond acceptors (Lipinski definition) is 5. The average Bonchev–Trinajstić information content (AvgIpc) is 1.82. The summed E-state index contributed by atoms with van der Waals surface area (Å²) in [4.78, 5) is -2.08. The van der Waals surface area contributed by atoms with Gasteiger partial charge >= 0.3 is 29.6 Å². The third kappa shape index (κ3) is 2.89. The summed E-state index contributed by atoms with van der Waals surface area (Å²) in [6.07, 6.45) is -0.497. The predicted molar refractivity (Wildman–Crippen MR) is 39.3 cm³/mol. The third-order valence-corrected chi connectivity index (χ3v) is 3.23. The van der Waals surface area contributed by atoms with Crippen LogP contribution in [-0.2, 0) is 14.9 Å². The van der Waals surface area contributed by atoms with Crippen LogP contribution >= 0.6 is 0 Å². The van der Waals surface area contributed by atoms with Crippen LogP contribution in [0, 0.1) is 0 Å². The first-order valence-corrected chi connectivity index (χ1v) is 5.09. The van der Waals surface area contributed by atoms with Crippen molar-refractivity contribution in [1.82, 2.24) is 0 Å². The Morgan fingerprint density at radius 1 is 1.62 bits per heavy atom. The summed E-state index contributed by atoms with van der Waals surface area (Å²) >= 11 is 0. The summed E-state index contributed by atoms with van der Waals surface area (Å²) in [5, 5.41) is 9.16. The molecule has 1 aliphatic rings. The summed E-state index contributed by atoms with van der Waals surface area (Å²) < 4.78 is 36.3. The van der Waals surface area contributed by atoms with E-state index in [1.54, 1.807) is 6.92 Å². The average molecular weight is 218 g/mol. The zero-order valence-electron chi connectivity index (χ0n) is 7.69. The Morgan fingerprint density at radius 2 is 2.08 bits per heavy atom. The summed E-state index contributed by atoms with van der Waals surface area (Å²) in [7, 11) is -4.59. The van der Waals surface area contributed by atoms with E-state index in [1.807, 2.05) is 0 Å². The van der Waals surface area contributed by atoms with E-state index in [9.17, 15) is 13.0 Å². The molecule has 0 bridgehead atoms.